The van der Waals surface area contributed by atoms with Crippen molar-refractivity contribution in [2.45, 2.75) is 33.3 Å². The molecule has 0 saturated carbocycles. The Labute approximate surface area is 101 Å². The average Bonchev–Trinajstić information content (AvgIpc) is 2.60. The number of aryl methyl sites for hydroxylation is 1. The van der Waals surface area contributed by atoms with Gasteiger partial charge in [-0.25, -0.2) is 0 Å². The molecule has 1 aromatic rings. The Morgan fingerprint density at radius 2 is 2.00 bits per heavy atom. The Morgan fingerprint density at radius 1 is 1.41 bits per heavy atom. The van der Waals surface area contributed by atoms with Crippen LogP contribution in [0.3, 0.4) is 0 Å². The number of hydrogen-bond donors (Lipinski definition) is 0. The predicted octanol–water partition coefficient (Wildman–Crippen LogP) is 1.58. The number of aromatic nitrogens is 2. The van der Waals surface area contributed by atoms with Crippen molar-refractivity contribution in [3.63, 3.8) is 0 Å². The minimum absolute atomic E-state index is 0.271. The van der Waals surface area contributed by atoms with Crippen molar-refractivity contribution in [3.8, 4) is 0 Å². The molecular weight excluding hydrogens is 220 g/mol. The van der Waals surface area contributed by atoms with Crippen molar-refractivity contribution in [2.24, 2.45) is 13.0 Å². The summed E-state index contributed by atoms with van der Waals surface area (Å²) in [7, 11) is 1.72. The fourth-order valence-corrected chi connectivity index (χ4v) is 1.30. The van der Waals surface area contributed by atoms with Crippen molar-refractivity contribution in [3.05, 3.63) is 18.0 Å². The van der Waals surface area contributed by atoms with Crippen LogP contribution in [0.25, 0.3) is 0 Å². The predicted molar refractivity (Wildman–Crippen MR) is 62.5 cm³/mol. The molecule has 1 atom stereocenters. The number of hydrogen-bond acceptors (Lipinski definition) is 4. The molecule has 0 aromatic carbocycles. The van der Waals surface area contributed by atoms with E-state index in [-0.39, 0.29) is 5.78 Å². The van der Waals surface area contributed by atoms with Crippen LogP contribution in [-0.4, -0.2) is 27.1 Å². The Kier molecular flexibility index (Phi) is 3.70. The van der Waals surface area contributed by atoms with E-state index in [2.05, 4.69) is 5.10 Å². The molecule has 0 fully saturated rings. The van der Waals surface area contributed by atoms with Crippen LogP contribution in [0.15, 0.2) is 12.4 Å². The number of carbonyl (C=O) groups is 2. The molecule has 0 aliphatic heterocycles. The Hall–Kier alpha value is -1.65. The summed E-state index contributed by atoms with van der Waals surface area (Å²) in [5.41, 5.74) is -0.161. The van der Waals surface area contributed by atoms with Crippen LogP contribution in [0.4, 0.5) is 0 Å². The minimum Gasteiger partial charge on any atom is -0.459 e. The number of ketones is 1. The van der Waals surface area contributed by atoms with Crippen LogP contribution in [0, 0.1) is 5.92 Å². The molecule has 0 spiro atoms. The van der Waals surface area contributed by atoms with Gasteiger partial charge >= 0.3 is 5.97 Å². The molecule has 1 unspecified atom stereocenters. The van der Waals surface area contributed by atoms with E-state index in [4.69, 9.17) is 4.74 Å². The summed E-state index contributed by atoms with van der Waals surface area (Å²) in [6, 6.07) is 0. The van der Waals surface area contributed by atoms with E-state index in [0.29, 0.717) is 5.56 Å². The first-order valence-electron chi connectivity index (χ1n) is 5.46. The second kappa shape index (κ2) is 4.69. The van der Waals surface area contributed by atoms with Gasteiger partial charge in [0.2, 0.25) is 0 Å². The highest BCUT2D eigenvalue weighted by atomic mass is 16.6. The first-order chi connectivity index (χ1) is 7.70. The summed E-state index contributed by atoms with van der Waals surface area (Å²) in [6.45, 7) is 6.86. The van der Waals surface area contributed by atoms with E-state index in [1.165, 1.54) is 10.9 Å². The molecule has 1 rings (SSSR count). The Morgan fingerprint density at radius 3 is 2.41 bits per heavy atom. The summed E-state index contributed by atoms with van der Waals surface area (Å²) >= 11 is 0. The molecule has 0 bridgehead atoms. The van der Waals surface area contributed by atoms with Gasteiger partial charge in [-0.15, -0.1) is 0 Å². The topological polar surface area (TPSA) is 61.2 Å². The van der Waals surface area contributed by atoms with Crippen molar-refractivity contribution < 1.29 is 14.3 Å². The van der Waals surface area contributed by atoms with Gasteiger partial charge < -0.3 is 4.74 Å². The molecule has 0 saturated heterocycles. The summed E-state index contributed by atoms with van der Waals surface area (Å²) < 4.78 is 6.68. The average molecular weight is 238 g/mol. The number of nitrogens with zero attached hydrogens (tertiary/aromatic N) is 2. The molecule has 5 nitrogen and oxygen atoms in total. The third-order valence-electron chi connectivity index (χ3n) is 2.14. The van der Waals surface area contributed by atoms with E-state index >= 15 is 0 Å². The number of esters is 1. The van der Waals surface area contributed by atoms with Crippen molar-refractivity contribution >= 4 is 11.8 Å². The lowest BCUT2D eigenvalue weighted by Crippen LogP contribution is -2.31. The van der Waals surface area contributed by atoms with E-state index in [1.807, 2.05) is 0 Å². The molecule has 1 aromatic heterocycles. The highest BCUT2D eigenvalue weighted by Gasteiger charge is 2.28. The molecule has 0 amide bonds. The fraction of sp³-hybridized carbons (Fsp3) is 0.583. The normalized spacial score (nSPS) is 13.2. The van der Waals surface area contributed by atoms with Gasteiger partial charge in [-0.3, -0.25) is 14.3 Å². The largest absolute Gasteiger partial charge is 0.459 e. The SMILES string of the molecule is CC(C(=O)OC(C)(C)C)C(=O)c1cnn(C)c1. The molecular formula is C12H18N2O3. The van der Waals surface area contributed by atoms with Crippen LogP contribution in [0.1, 0.15) is 38.1 Å². The Bertz CT molecular complexity index is 429. The van der Waals surface area contributed by atoms with Crippen LogP contribution in [0.2, 0.25) is 0 Å². The lowest BCUT2D eigenvalue weighted by atomic mass is 10.0. The quantitative estimate of drug-likeness (QED) is 0.455. The van der Waals surface area contributed by atoms with Crippen LogP contribution in [-0.2, 0) is 16.6 Å². The molecule has 94 valence electrons. The van der Waals surface area contributed by atoms with Gasteiger partial charge in [0.25, 0.3) is 0 Å². The Balaban J connectivity index is 2.73. The van der Waals surface area contributed by atoms with E-state index < -0.39 is 17.5 Å². The number of rotatable bonds is 3. The van der Waals surface area contributed by atoms with E-state index in [9.17, 15) is 9.59 Å². The van der Waals surface area contributed by atoms with Crippen LogP contribution >= 0.6 is 0 Å². The summed E-state index contributed by atoms with van der Waals surface area (Å²) in [4.78, 5) is 23.6. The number of Topliss-reactive ketones (excluding diaryl/α,β-unsaturated/α-hetero) is 1. The van der Waals surface area contributed by atoms with Gasteiger partial charge in [-0.05, 0) is 27.7 Å². The van der Waals surface area contributed by atoms with Gasteiger partial charge in [0, 0.05) is 13.2 Å². The summed E-state index contributed by atoms with van der Waals surface area (Å²) in [6.07, 6.45) is 3.03. The molecule has 0 aliphatic carbocycles. The van der Waals surface area contributed by atoms with E-state index in [1.54, 1.807) is 40.9 Å². The molecule has 0 N–H and O–H groups in total. The third-order valence-corrected chi connectivity index (χ3v) is 2.14. The standard InChI is InChI=1S/C12H18N2O3/c1-8(11(16)17-12(2,3)4)10(15)9-6-13-14(5)7-9/h6-8H,1-5H3. The highest BCUT2D eigenvalue weighted by Crippen LogP contribution is 2.14. The first-order valence-corrected chi connectivity index (χ1v) is 5.46. The van der Waals surface area contributed by atoms with Gasteiger partial charge in [0.1, 0.15) is 11.5 Å². The lowest BCUT2D eigenvalue weighted by molar-refractivity contribution is -0.157. The van der Waals surface area contributed by atoms with Gasteiger partial charge in [0.05, 0.1) is 11.8 Å². The van der Waals surface area contributed by atoms with Gasteiger partial charge in [0.15, 0.2) is 5.78 Å². The maximum Gasteiger partial charge on any atom is 0.317 e. The minimum atomic E-state index is -0.807. The zero-order valence-electron chi connectivity index (χ0n) is 10.9. The second-order valence-electron chi connectivity index (χ2n) is 5.02. The highest BCUT2D eigenvalue weighted by molar-refractivity contribution is 6.08. The van der Waals surface area contributed by atoms with E-state index in [0.717, 1.165) is 0 Å². The number of ether oxygens (including phenoxy) is 1. The third kappa shape index (κ3) is 3.69. The van der Waals surface area contributed by atoms with Crippen LogP contribution < -0.4 is 0 Å². The van der Waals surface area contributed by atoms with Crippen molar-refractivity contribution in [1.82, 2.24) is 9.78 Å². The summed E-state index contributed by atoms with van der Waals surface area (Å²) in [5, 5.41) is 3.90. The molecule has 17 heavy (non-hydrogen) atoms. The smallest absolute Gasteiger partial charge is 0.317 e. The molecule has 1 heterocycles. The van der Waals surface area contributed by atoms with Gasteiger partial charge in [-0.2, -0.15) is 5.10 Å². The van der Waals surface area contributed by atoms with Crippen molar-refractivity contribution in [1.29, 1.82) is 0 Å². The lowest BCUT2D eigenvalue weighted by Gasteiger charge is -2.21. The van der Waals surface area contributed by atoms with Gasteiger partial charge in [-0.1, -0.05) is 0 Å². The molecule has 5 heteroatoms. The summed E-state index contributed by atoms with van der Waals surface area (Å²) in [5.74, 6) is -1.59. The fourth-order valence-electron chi connectivity index (χ4n) is 1.30. The maximum atomic E-state index is 11.9. The maximum absolute atomic E-state index is 11.9. The molecule has 0 radical (unpaired) electrons. The van der Waals surface area contributed by atoms with Crippen molar-refractivity contribution in [2.75, 3.05) is 0 Å². The zero-order valence-corrected chi connectivity index (χ0v) is 10.9. The van der Waals surface area contributed by atoms with Crippen LogP contribution in [0.5, 0.6) is 0 Å². The first kappa shape index (κ1) is 13.4. The number of carbonyl (C=O) groups excluding carboxylic acids is 2. The zero-order chi connectivity index (χ0) is 13.2. The molecule has 0 aliphatic rings. The second-order valence-corrected chi connectivity index (χ2v) is 5.02. The monoisotopic (exact) mass is 238 g/mol.